The quantitative estimate of drug-likeness (QED) is 0.370. The van der Waals surface area contributed by atoms with Gasteiger partial charge in [0.05, 0.1) is 18.2 Å². The summed E-state index contributed by atoms with van der Waals surface area (Å²) in [6, 6.07) is 10.8. The number of hydrogen-bond acceptors (Lipinski definition) is 4. The van der Waals surface area contributed by atoms with Crippen LogP contribution in [-0.2, 0) is 0 Å². The van der Waals surface area contributed by atoms with E-state index in [0.717, 1.165) is 12.8 Å². The van der Waals surface area contributed by atoms with Gasteiger partial charge in [0.2, 0.25) is 0 Å². The number of carbonyl (C=O) groups excluding carboxylic acids is 1. The van der Waals surface area contributed by atoms with E-state index >= 15 is 0 Å². The lowest BCUT2D eigenvalue weighted by Crippen LogP contribution is -2.14. The highest BCUT2D eigenvalue weighted by Crippen LogP contribution is 2.38. The van der Waals surface area contributed by atoms with Crippen LogP contribution in [0.15, 0.2) is 40.9 Å². The van der Waals surface area contributed by atoms with Crippen molar-refractivity contribution in [1.29, 1.82) is 0 Å². The van der Waals surface area contributed by atoms with Crippen molar-refractivity contribution in [2.75, 3.05) is 13.7 Å². The monoisotopic (exact) mass is 392 g/mol. The maximum Gasteiger partial charge on any atom is 0.347 e. The van der Waals surface area contributed by atoms with Crippen LogP contribution in [0.5, 0.6) is 17.2 Å². The lowest BCUT2D eigenvalue weighted by Gasteiger charge is -2.17. The summed E-state index contributed by atoms with van der Waals surface area (Å²) in [5.74, 6) is 1.11. The molecule has 24 heavy (non-hydrogen) atoms. The lowest BCUT2D eigenvalue weighted by atomic mass is 10.1. The molecular formula is C19H21BrO4. The van der Waals surface area contributed by atoms with Gasteiger partial charge in [0.25, 0.3) is 0 Å². The highest BCUT2D eigenvalue weighted by Gasteiger charge is 2.24. The third-order valence-corrected chi connectivity index (χ3v) is 4.16. The molecule has 0 unspecified atom stereocenters. The molecule has 2 aromatic carbocycles. The number of benzene rings is 2. The van der Waals surface area contributed by atoms with Gasteiger partial charge < -0.3 is 14.2 Å². The maximum absolute atomic E-state index is 12.7. The van der Waals surface area contributed by atoms with E-state index < -0.39 is 5.97 Å². The Labute approximate surface area is 150 Å². The fraction of sp³-hybridized carbons (Fsp3) is 0.316. The van der Waals surface area contributed by atoms with Crippen molar-refractivity contribution < 1.29 is 19.0 Å². The van der Waals surface area contributed by atoms with Crippen molar-refractivity contribution in [1.82, 2.24) is 0 Å². The first-order valence-corrected chi connectivity index (χ1v) is 8.64. The summed E-state index contributed by atoms with van der Waals surface area (Å²) in [5.41, 5.74) is 1.06. The second kappa shape index (κ2) is 8.73. The Balaban J connectivity index is 2.40. The topological polar surface area (TPSA) is 44.8 Å². The number of ether oxygens (including phenoxy) is 3. The fourth-order valence-electron chi connectivity index (χ4n) is 2.27. The third-order valence-electron chi connectivity index (χ3n) is 3.57. The average molecular weight is 393 g/mol. The summed E-state index contributed by atoms with van der Waals surface area (Å²) in [6.07, 6.45) is 1.92. The summed E-state index contributed by atoms with van der Waals surface area (Å²) >= 11 is 3.47. The predicted molar refractivity (Wildman–Crippen MR) is 97.2 cm³/mol. The van der Waals surface area contributed by atoms with E-state index in [9.17, 15) is 4.79 Å². The van der Waals surface area contributed by atoms with Crippen molar-refractivity contribution in [2.45, 2.75) is 26.7 Å². The number of para-hydroxylation sites is 1. The molecule has 0 heterocycles. The van der Waals surface area contributed by atoms with Gasteiger partial charge >= 0.3 is 5.97 Å². The van der Waals surface area contributed by atoms with Gasteiger partial charge in [-0.3, -0.25) is 0 Å². The summed E-state index contributed by atoms with van der Waals surface area (Å²) in [5, 5.41) is 0. The molecule has 0 saturated carbocycles. The second-order valence-corrected chi connectivity index (χ2v) is 6.15. The Kier molecular flexibility index (Phi) is 6.67. The third kappa shape index (κ3) is 4.29. The molecule has 0 bridgehead atoms. The van der Waals surface area contributed by atoms with E-state index in [-0.39, 0.29) is 0 Å². The normalized spacial score (nSPS) is 10.3. The van der Waals surface area contributed by atoms with Crippen LogP contribution in [0.3, 0.4) is 0 Å². The summed E-state index contributed by atoms with van der Waals surface area (Å²) < 4.78 is 17.4. The highest BCUT2D eigenvalue weighted by molar-refractivity contribution is 9.10. The van der Waals surface area contributed by atoms with Gasteiger partial charge in [-0.05, 0) is 47.5 Å². The molecule has 0 saturated heterocycles. The first-order chi connectivity index (χ1) is 11.6. The molecule has 0 aliphatic heterocycles. The number of esters is 1. The average Bonchev–Trinajstić information content (AvgIpc) is 2.58. The van der Waals surface area contributed by atoms with Crippen LogP contribution < -0.4 is 14.2 Å². The Hall–Kier alpha value is -2.01. The zero-order chi connectivity index (χ0) is 17.5. The van der Waals surface area contributed by atoms with Gasteiger partial charge in [-0.1, -0.05) is 31.5 Å². The summed E-state index contributed by atoms with van der Waals surface area (Å²) in [7, 11) is 1.57. The number of methoxy groups -OCH3 is 1. The van der Waals surface area contributed by atoms with Crippen molar-refractivity contribution in [3.8, 4) is 17.2 Å². The molecule has 0 fully saturated rings. The molecule has 5 heteroatoms. The van der Waals surface area contributed by atoms with E-state index in [1.807, 2.05) is 25.1 Å². The molecule has 0 atom stereocenters. The van der Waals surface area contributed by atoms with E-state index in [2.05, 4.69) is 22.9 Å². The van der Waals surface area contributed by atoms with Gasteiger partial charge in [0.15, 0.2) is 0 Å². The van der Waals surface area contributed by atoms with Gasteiger partial charge in [-0.2, -0.15) is 0 Å². The summed E-state index contributed by atoms with van der Waals surface area (Å²) in [6.45, 7) is 4.44. The number of unbranched alkanes of at least 4 members (excludes halogenated alkanes) is 1. The Bertz CT molecular complexity index is 698. The molecule has 0 amide bonds. The minimum absolute atomic E-state index is 0.376. The number of halogens is 1. The van der Waals surface area contributed by atoms with Gasteiger partial charge in [-0.15, -0.1) is 0 Å². The first-order valence-electron chi connectivity index (χ1n) is 7.85. The van der Waals surface area contributed by atoms with Gasteiger partial charge in [0.1, 0.15) is 22.8 Å². The molecule has 2 aromatic rings. The van der Waals surface area contributed by atoms with Crippen molar-refractivity contribution in [2.24, 2.45) is 0 Å². The van der Waals surface area contributed by atoms with Gasteiger partial charge in [0, 0.05) is 5.56 Å². The minimum Gasteiger partial charge on any atom is -0.496 e. The molecule has 0 N–H and O–H groups in total. The SMILES string of the molecule is CCCCOc1c(Br)cc(OC)c(C)c1C(=O)Oc1ccccc1. The van der Waals surface area contributed by atoms with E-state index in [1.165, 1.54) is 0 Å². The van der Waals surface area contributed by atoms with Crippen LogP contribution in [0, 0.1) is 6.92 Å². The minimum atomic E-state index is -0.468. The Morgan fingerprint density at radius 3 is 2.54 bits per heavy atom. The van der Waals surface area contributed by atoms with E-state index in [1.54, 1.807) is 25.3 Å². The Morgan fingerprint density at radius 1 is 1.21 bits per heavy atom. The van der Waals surface area contributed by atoms with Crippen molar-refractivity contribution in [3.05, 3.63) is 52.0 Å². The van der Waals surface area contributed by atoms with Crippen LogP contribution in [-0.4, -0.2) is 19.7 Å². The number of hydrogen-bond donors (Lipinski definition) is 0. The summed E-state index contributed by atoms with van der Waals surface area (Å²) in [4.78, 5) is 12.7. The molecule has 2 rings (SSSR count). The largest absolute Gasteiger partial charge is 0.496 e. The molecular weight excluding hydrogens is 372 g/mol. The number of rotatable bonds is 7. The molecule has 4 nitrogen and oxygen atoms in total. The standard InChI is InChI=1S/C19H21BrO4/c1-4-5-11-23-18-15(20)12-16(22-3)13(2)17(18)19(21)24-14-9-7-6-8-10-14/h6-10,12H,4-5,11H2,1-3H3. The van der Waals surface area contributed by atoms with Crippen molar-refractivity contribution >= 4 is 21.9 Å². The Morgan fingerprint density at radius 2 is 1.92 bits per heavy atom. The van der Waals surface area contributed by atoms with Crippen LogP contribution >= 0.6 is 15.9 Å². The molecule has 0 aromatic heterocycles. The first kappa shape index (κ1) is 18.3. The van der Waals surface area contributed by atoms with Gasteiger partial charge in [-0.25, -0.2) is 4.79 Å². The predicted octanol–water partition coefficient (Wildman–Crippen LogP) is 5.16. The highest BCUT2D eigenvalue weighted by atomic mass is 79.9. The second-order valence-electron chi connectivity index (χ2n) is 5.29. The van der Waals surface area contributed by atoms with Crippen LogP contribution in [0.4, 0.5) is 0 Å². The molecule has 128 valence electrons. The van der Waals surface area contributed by atoms with E-state index in [4.69, 9.17) is 14.2 Å². The van der Waals surface area contributed by atoms with Crippen molar-refractivity contribution in [3.63, 3.8) is 0 Å². The molecule has 0 aliphatic rings. The zero-order valence-corrected chi connectivity index (χ0v) is 15.7. The van der Waals surface area contributed by atoms with Crippen LogP contribution in [0.1, 0.15) is 35.7 Å². The van der Waals surface area contributed by atoms with Crippen LogP contribution in [0.25, 0.3) is 0 Å². The maximum atomic E-state index is 12.7. The van der Waals surface area contributed by atoms with E-state index in [0.29, 0.717) is 39.5 Å². The fourth-order valence-corrected chi connectivity index (χ4v) is 2.79. The smallest absolute Gasteiger partial charge is 0.347 e. The molecule has 0 radical (unpaired) electrons. The molecule has 0 aliphatic carbocycles. The lowest BCUT2D eigenvalue weighted by molar-refractivity contribution is 0.0728. The molecule has 0 spiro atoms. The zero-order valence-electron chi connectivity index (χ0n) is 14.1. The van der Waals surface area contributed by atoms with Crippen LogP contribution in [0.2, 0.25) is 0 Å². The number of carbonyl (C=O) groups is 1.